The minimum Gasteiger partial charge on any atom is -0.493 e. The van der Waals surface area contributed by atoms with Crippen LogP contribution in [0.3, 0.4) is 0 Å². The first-order valence-corrected chi connectivity index (χ1v) is 7.11. The van der Waals surface area contributed by atoms with Crippen LogP contribution in [0.25, 0.3) is 0 Å². The van der Waals surface area contributed by atoms with E-state index in [0.717, 1.165) is 11.1 Å². The number of furan rings is 1. The standard InChI is InChI=1S/C14H15BrClNO3/c1-17-13(8-4-5-20-14(8)15)9-6-11(18-2)12(19-3)7-10(9)16/h4-7,13,17H,1-3H3. The first kappa shape index (κ1) is 15.2. The summed E-state index contributed by atoms with van der Waals surface area (Å²) in [5, 5.41) is 3.81. The number of nitrogens with one attached hydrogen (secondary N) is 1. The second kappa shape index (κ2) is 6.52. The first-order chi connectivity index (χ1) is 9.62. The summed E-state index contributed by atoms with van der Waals surface area (Å²) < 4.78 is 16.5. The molecule has 1 aromatic heterocycles. The van der Waals surface area contributed by atoms with Crippen molar-refractivity contribution >= 4 is 27.5 Å². The van der Waals surface area contributed by atoms with E-state index in [9.17, 15) is 0 Å². The molecule has 20 heavy (non-hydrogen) atoms. The average molecular weight is 361 g/mol. The zero-order valence-corrected chi connectivity index (χ0v) is 13.7. The molecule has 1 aromatic carbocycles. The molecule has 0 aliphatic carbocycles. The summed E-state index contributed by atoms with van der Waals surface area (Å²) >= 11 is 9.75. The topological polar surface area (TPSA) is 43.6 Å². The number of methoxy groups -OCH3 is 2. The molecule has 1 N–H and O–H groups in total. The normalized spacial score (nSPS) is 12.2. The highest BCUT2D eigenvalue weighted by Crippen LogP contribution is 2.39. The molecule has 4 nitrogen and oxygen atoms in total. The molecule has 0 aliphatic heterocycles. The lowest BCUT2D eigenvalue weighted by Gasteiger charge is -2.19. The van der Waals surface area contributed by atoms with Crippen molar-refractivity contribution in [3.63, 3.8) is 0 Å². The van der Waals surface area contributed by atoms with Crippen LogP contribution in [0.5, 0.6) is 11.5 Å². The van der Waals surface area contributed by atoms with E-state index < -0.39 is 0 Å². The smallest absolute Gasteiger partial charge is 0.174 e. The number of halogens is 2. The number of hydrogen-bond donors (Lipinski definition) is 1. The van der Waals surface area contributed by atoms with Crippen molar-refractivity contribution in [1.29, 1.82) is 0 Å². The van der Waals surface area contributed by atoms with Crippen LogP contribution in [0.15, 0.2) is 33.5 Å². The van der Waals surface area contributed by atoms with Gasteiger partial charge in [0.25, 0.3) is 0 Å². The molecule has 2 aromatic rings. The van der Waals surface area contributed by atoms with Gasteiger partial charge in [-0.05, 0) is 40.7 Å². The lowest BCUT2D eigenvalue weighted by atomic mass is 10.0. The minimum atomic E-state index is -0.115. The maximum Gasteiger partial charge on any atom is 0.174 e. The lowest BCUT2D eigenvalue weighted by molar-refractivity contribution is 0.354. The molecule has 0 spiro atoms. The Bertz CT molecular complexity index is 600. The SMILES string of the molecule is CNC(c1cc(OC)c(OC)cc1Cl)c1ccoc1Br. The summed E-state index contributed by atoms with van der Waals surface area (Å²) in [6.45, 7) is 0. The number of ether oxygens (including phenoxy) is 2. The Labute approximate surface area is 131 Å². The van der Waals surface area contributed by atoms with Gasteiger partial charge in [-0.3, -0.25) is 0 Å². The molecule has 0 saturated heterocycles. The van der Waals surface area contributed by atoms with E-state index in [1.54, 1.807) is 26.5 Å². The number of benzene rings is 1. The van der Waals surface area contributed by atoms with E-state index in [1.165, 1.54) is 0 Å². The molecule has 0 bridgehead atoms. The molecule has 2 rings (SSSR count). The Hall–Kier alpha value is -1.17. The Kier molecular flexibility index (Phi) is 4.96. The van der Waals surface area contributed by atoms with Gasteiger partial charge < -0.3 is 19.2 Å². The van der Waals surface area contributed by atoms with Crippen LogP contribution in [0.2, 0.25) is 5.02 Å². The molecule has 0 radical (unpaired) electrons. The summed E-state index contributed by atoms with van der Waals surface area (Å²) in [4.78, 5) is 0. The molecule has 1 unspecified atom stereocenters. The van der Waals surface area contributed by atoms with Crippen molar-refractivity contribution < 1.29 is 13.9 Å². The zero-order chi connectivity index (χ0) is 14.7. The van der Waals surface area contributed by atoms with Gasteiger partial charge in [-0.2, -0.15) is 0 Å². The van der Waals surface area contributed by atoms with Gasteiger partial charge >= 0.3 is 0 Å². The largest absolute Gasteiger partial charge is 0.493 e. The van der Waals surface area contributed by atoms with E-state index in [0.29, 0.717) is 21.2 Å². The maximum atomic E-state index is 6.36. The van der Waals surface area contributed by atoms with Crippen LogP contribution in [0.4, 0.5) is 0 Å². The Balaban J connectivity index is 2.52. The van der Waals surface area contributed by atoms with Crippen LogP contribution in [-0.2, 0) is 0 Å². The summed E-state index contributed by atoms with van der Waals surface area (Å²) in [7, 11) is 5.03. The second-order valence-corrected chi connectivity index (χ2v) is 5.23. The third kappa shape index (κ3) is 2.80. The van der Waals surface area contributed by atoms with Gasteiger partial charge in [0.05, 0.1) is 26.5 Å². The van der Waals surface area contributed by atoms with Crippen molar-refractivity contribution in [2.24, 2.45) is 0 Å². The van der Waals surface area contributed by atoms with Gasteiger partial charge in [-0.1, -0.05) is 11.6 Å². The van der Waals surface area contributed by atoms with Gasteiger partial charge in [-0.25, -0.2) is 0 Å². The average Bonchev–Trinajstić information content (AvgIpc) is 2.87. The fraction of sp³-hybridized carbons (Fsp3) is 0.286. The van der Waals surface area contributed by atoms with Crippen LogP contribution in [-0.4, -0.2) is 21.3 Å². The van der Waals surface area contributed by atoms with Crippen molar-refractivity contribution in [3.8, 4) is 11.5 Å². The third-order valence-corrected chi connectivity index (χ3v) is 4.03. The van der Waals surface area contributed by atoms with Gasteiger partial charge in [0.15, 0.2) is 16.2 Å². The Morgan fingerprint density at radius 2 is 1.85 bits per heavy atom. The van der Waals surface area contributed by atoms with E-state index in [1.807, 2.05) is 19.2 Å². The van der Waals surface area contributed by atoms with Crippen LogP contribution >= 0.6 is 27.5 Å². The van der Waals surface area contributed by atoms with Crippen molar-refractivity contribution in [1.82, 2.24) is 5.32 Å². The van der Waals surface area contributed by atoms with Crippen LogP contribution < -0.4 is 14.8 Å². The molecule has 1 heterocycles. The van der Waals surface area contributed by atoms with Gasteiger partial charge in [0.1, 0.15) is 0 Å². The zero-order valence-electron chi connectivity index (χ0n) is 11.4. The Morgan fingerprint density at radius 1 is 1.20 bits per heavy atom. The van der Waals surface area contributed by atoms with Crippen molar-refractivity contribution in [3.05, 3.63) is 45.3 Å². The van der Waals surface area contributed by atoms with Crippen LogP contribution in [0, 0.1) is 0 Å². The summed E-state index contributed by atoms with van der Waals surface area (Å²) in [5.74, 6) is 1.23. The van der Waals surface area contributed by atoms with E-state index in [4.69, 9.17) is 25.5 Å². The fourth-order valence-corrected chi connectivity index (χ4v) is 2.81. The molecule has 108 valence electrons. The van der Waals surface area contributed by atoms with E-state index in [2.05, 4.69) is 21.2 Å². The number of hydrogen-bond acceptors (Lipinski definition) is 4. The molecule has 1 atom stereocenters. The van der Waals surface area contributed by atoms with Crippen LogP contribution in [0.1, 0.15) is 17.2 Å². The molecule has 0 fully saturated rings. The first-order valence-electron chi connectivity index (χ1n) is 5.94. The second-order valence-electron chi connectivity index (χ2n) is 4.10. The maximum absolute atomic E-state index is 6.36. The summed E-state index contributed by atoms with van der Waals surface area (Å²) in [5.41, 5.74) is 1.84. The lowest BCUT2D eigenvalue weighted by Crippen LogP contribution is -2.18. The molecule has 6 heteroatoms. The quantitative estimate of drug-likeness (QED) is 0.874. The third-order valence-electron chi connectivity index (χ3n) is 3.06. The Morgan fingerprint density at radius 3 is 2.35 bits per heavy atom. The highest BCUT2D eigenvalue weighted by molar-refractivity contribution is 9.10. The predicted octanol–water partition coefficient (Wildman–Crippen LogP) is 4.02. The molecular weight excluding hydrogens is 346 g/mol. The summed E-state index contributed by atoms with van der Waals surface area (Å²) in [6, 6.07) is 5.38. The molecule has 0 saturated carbocycles. The molecular formula is C14H15BrClNO3. The molecule has 0 amide bonds. The van der Waals surface area contributed by atoms with Gasteiger partial charge in [0, 0.05) is 16.7 Å². The van der Waals surface area contributed by atoms with Gasteiger partial charge in [-0.15, -0.1) is 0 Å². The van der Waals surface area contributed by atoms with Gasteiger partial charge in [0.2, 0.25) is 0 Å². The van der Waals surface area contributed by atoms with E-state index >= 15 is 0 Å². The van der Waals surface area contributed by atoms with Crippen molar-refractivity contribution in [2.45, 2.75) is 6.04 Å². The monoisotopic (exact) mass is 359 g/mol. The highest BCUT2D eigenvalue weighted by Gasteiger charge is 2.22. The summed E-state index contributed by atoms with van der Waals surface area (Å²) in [6.07, 6.45) is 1.62. The van der Waals surface area contributed by atoms with E-state index in [-0.39, 0.29) is 6.04 Å². The number of rotatable bonds is 5. The minimum absolute atomic E-state index is 0.115. The molecule has 0 aliphatic rings. The predicted molar refractivity (Wildman–Crippen MR) is 81.9 cm³/mol. The fourth-order valence-electron chi connectivity index (χ4n) is 2.08. The van der Waals surface area contributed by atoms with Crippen molar-refractivity contribution in [2.75, 3.05) is 21.3 Å². The highest BCUT2D eigenvalue weighted by atomic mass is 79.9.